The van der Waals surface area contributed by atoms with Crippen LogP contribution in [0.3, 0.4) is 0 Å². The monoisotopic (exact) mass is 354 g/mol. The maximum absolute atomic E-state index is 9.69. The summed E-state index contributed by atoms with van der Waals surface area (Å²) < 4.78 is 1.87. The average Bonchev–Trinajstić information content (AvgIpc) is 3.38. The highest BCUT2D eigenvalue weighted by Gasteiger charge is 2.14. The fourth-order valence-corrected chi connectivity index (χ4v) is 3.04. The maximum atomic E-state index is 9.69. The summed E-state index contributed by atoms with van der Waals surface area (Å²) in [5.41, 5.74) is 4.39. The zero-order valence-electron chi connectivity index (χ0n) is 14.9. The number of H-pyrrole nitrogens is 1. The van der Waals surface area contributed by atoms with Crippen molar-refractivity contribution in [3.05, 3.63) is 90.1 Å². The van der Waals surface area contributed by atoms with Crippen molar-refractivity contribution in [2.75, 3.05) is 4.90 Å². The Balaban J connectivity index is 1.75. The van der Waals surface area contributed by atoms with Crippen LogP contribution in [0.15, 0.2) is 73.3 Å². The number of hydrogen-bond donors (Lipinski definition) is 1. The van der Waals surface area contributed by atoms with Crippen LogP contribution < -0.4 is 4.90 Å². The molecule has 2 aromatic carbocycles. The molecule has 0 bridgehead atoms. The minimum Gasteiger partial charge on any atom is -0.322 e. The van der Waals surface area contributed by atoms with Gasteiger partial charge in [0.1, 0.15) is 11.9 Å². The minimum atomic E-state index is 0.586. The summed E-state index contributed by atoms with van der Waals surface area (Å²) in [6.07, 6.45) is 5.36. The van der Waals surface area contributed by atoms with E-state index < -0.39 is 0 Å². The Morgan fingerprint density at radius 2 is 2.00 bits per heavy atom. The van der Waals surface area contributed by atoms with Gasteiger partial charge < -0.3 is 9.47 Å². The number of benzene rings is 2. The highest BCUT2D eigenvalue weighted by atomic mass is 15.3. The fraction of sp³-hybridized carbons (Fsp3) is 0.0952. The van der Waals surface area contributed by atoms with Crippen molar-refractivity contribution in [2.24, 2.45) is 0 Å². The van der Waals surface area contributed by atoms with Gasteiger partial charge in [0.25, 0.3) is 0 Å². The van der Waals surface area contributed by atoms with Crippen LogP contribution in [0.2, 0.25) is 0 Å². The summed E-state index contributed by atoms with van der Waals surface area (Å²) in [5, 5.41) is 16.8. The largest absolute Gasteiger partial charge is 0.322 e. The summed E-state index contributed by atoms with van der Waals surface area (Å²) in [7, 11) is 0. The number of rotatable bonds is 5. The van der Waals surface area contributed by atoms with Crippen LogP contribution in [-0.4, -0.2) is 19.7 Å². The van der Waals surface area contributed by atoms with Gasteiger partial charge in [-0.25, -0.2) is 4.98 Å². The number of aromatic nitrogens is 4. The normalized spacial score (nSPS) is 10.5. The summed E-state index contributed by atoms with van der Waals surface area (Å²) in [4.78, 5) is 6.36. The van der Waals surface area contributed by atoms with Crippen molar-refractivity contribution in [2.45, 2.75) is 13.5 Å². The summed E-state index contributed by atoms with van der Waals surface area (Å²) in [5.74, 6) is 0.869. The van der Waals surface area contributed by atoms with Crippen molar-refractivity contribution in [3.63, 3.8) is 0 Å². The second-order valence-corrected chi connectivity index (χ2v) is 6.25. The Morgan fingerprint density at radius 1 is 1.15 bits per heavy atom. The smallest absolute Gasteiger partial charge is 0.128 e. The van der Waals surface area contributed by atoms with Crippen molar-refractivity contribution >= 4 is 11.5 Å². The van der Waals surface area contributed by atoms with Crippen molar-refractivity contribution in [3.8, 4) is 11.8 Å². The molecule has 2 aromatic heterocycles. The number of nitrogens with one attached hydrogen (secondary N) is 1. The van der Waals surface area contributed by atoms with Gasteiger partial charge >= 0.3 is 0 Å². The first-order valence-corrected chi connectivity index (χ1v) is 8.60. The van der Waals surface area contributed by atoms with Crippen LogP contribution in [-0.2, 0) is 6.54 Å². The molecule has 27 heavy (non-hydrogen) atoms. The molecular formula is C21H18N6. The van der Waals surface area contributed by atoms with Gasteiger partial charge in [0.2, 0.25) is 0 Å². The molecule has 4 aromatic rings. The van der Waals surface area contributed by atoms with Crippen LogP contribution in [0.1, 0.15) is 16.8 Å². The lowest BCUT2D eigenvalue weighted by atomic mass is 10.1. The van der Waals surface area contributed by atoms with Gasteiger partial charge in [-0.1, -0.05) is 30.3 Å². The molecule has 132 valence electrons. The SMILES string of the molecule is Cc1cn(-c2ccc(N(Cc3ccccc3)c3ccn[nH]3)cc2C#N)cn1. The zero-order valence-corrected chi connectivity index (χ0v) is 14.9. The highest BCUT2D eigenvalue weighted by molar-refractivity contribution is 5.65. The molecule has 0 aliphatic rings. The number of nitriles is 1. The van der Waals surface area contributed by atoms with E-state index in [4.69, 9.17) is 0 Å². The quantitative estimate of drug-likeness (QED) is 0.585. The Kier molecular flexibility index (Phi) is 4.42. The Hall–Kier alpha value is -3.85. The molecule has 0 fully saturated rings. The van der Waals surface area contributed by atoms with E-state index in [-0.39, 0.29) is 0 Å². The van der Waals surface area contributed by atoms with E-state index in [2.05, 4.69) is 38.3 Å². The molecule has 0 atom stereocenters. The van der Waals surface area contributed by atoms with Gasteiger partial charge in [-0.3, -0.25) is 5.10 Å². The van der Waals surface area contributed by atoms with E-state index in [9.17, 15) is 5.26 Å². The van der Waals surface area contributed by atoms with E-state index in [1.807, 2.05) is 60.2 Å². The number of aryl methyl sites for hydroxylation is 1. The molecule has 0 saturated heterocycles. The minimum absolute atomic E-state index is 0.586. The Labute approximate surface area is 157 Å². The molecule has 6 nitrogen and oxygen atoms in total. The molecule has 0 radical (unpaired) electrons. The van der Waals surface area contributed by atoms with E-state index in [1.165, 1.54) is 5.56 Å². The third kappa shape index (κ3) is 3.44. The van der Waals surface area contributed by atoms with Gasteiger partial charge in [-0.15, -0.1) is 0 Å². The summed E-state index contributed by atoms with van der Waals surface area (Å²) in [6, 6.07) is 20.3. The lowest BCUT2D eigenvalue weighted by molar-refractivity contribution is 0.929. The highest BCUT2D eigenvalue weighted by Crippen LogP contribution is 2.29. The molecule has 1 N–H and O–H groups in total. The molecule has 0 saturated carbocycles. The van der Waals surface area contributed by atoms with Crippen LogP contribution in [0, 0.1) is 18.3 Å². The average molecular weight is 354 g/mol. The number of aromatic amines is 1. The zero-order chi connectivity index (χ0) is 18.6. The number of imidazole rings is 1. The van der Waals surface area contributed by atoms with Crippen molar-refractivity contribution < 1.29 is 0 Å². The molecule has 2 heterocycles. The third-order valence-corrected chi connectivity index (χ3v) is 4.36. The Bertz CT molecular complexity index is 1070. The van der Waals surface area contributed by atoms with Crippen molar-refractivity contribution in [1.29, 1.82) is 5.26 Å². The van der Waals surface area contributed by atoms with Crippen LogP contribution in [0.25, 0.3) is 5.69 Å². The molecule has 4 rings (SSSR count). The second-order valence-electron chi connectivity index (χ2n) is 6.25. The summed E-state index contributed by atoms with van der Waals surface area (Å²) in [6.45, 7) is 2.59. The van der Waals surface area contributed by atoms with E-state index >= 15 is 0 Å². The fourth-order valence-electron chi connectivity index (χ4n) is 3.04. The second kappa shape index (κ2) is 7.18. The maximum Gasteiger partial charge on any atom is 0.128 e. The molecule has 0 aliphatic heterocycles. The standard InChI is InChI=1S/C21H18N6/c1-16-13-26(15-23-16)20-8-7-19(11-18(20)12-22)27(21-9-10-24-25-21)14-17-5-3-2-4-6-17/h2-11,13,15H,14H2,1H3,(H,24,25). The van der Waals surface area contributed by atoms with Crippen molar-refractivity contribution in [1.82, 2.24) is 19.7 Å². The lowest BCUT2D eigenvalue weighted by Crippen LogP contribution is -2.17. The van der Waals surface area contributed by atoms with E-state index in [1.54, 1.807) is 12.5 Å². The molecule has 0 aliphatic carbocycles. The van der Waals surface area contributed by atoms with Crippen LogP contribution >= 0.6 is 0 Å². The molecular weight excluding hydrogens is 336 g/mol. The van der Waals surface area contributed by atoms with E-state index in [0.29, 0.717) is 12.1 Å². The van der Waals surface area contributed by atoms with Crippen LogP contribution in [0.5, 0.6) is 0 Å². The third-order valence-electron chi connectivity index (χ3n) is 4.36. The predicted molar refractivity (Wildman–Crippen MR) is 104 cm³/mol. The van der Waals surface area contributed by atoms with Gasteiger partial charge in [0.15, 0.2) is 0 Å². The van der Waals surface area contributed by atoms with Gasteiger partial charge in [-0.05, 0) is 30.7 Å². The predicted octanol–water partition coefficient (Wildman–Crippen LogP) is 4.11. The number of anilines is 2. The molecule has 6 heteroatoms. The first kappa shape index (κ1) is 16.6. The van der Waals surface area contributed by atoms with Gasteiger partial charge in [-0.2, -0.15) is 10.4 Å². The van der Waals surface area contributed by atoms with E-state index in [0.717, 1.165) is 22.9 Å². The molecule has 0 unspecified atom stereocenters. The van der Waals surface area contributed by atoms with Gasteiger partial charge in [0.05, 0.1) is 29.5 Å². The Morgan fingerprint density at radius 3 is 2.67 bits per heavy atom. The summed E-state index contributed by atoms with van der Waals surface area (Å²) >= 11 is 0. The first-order chi connectivity index (χ1) is 13.2. The molecule has 0 amide bonds. The topological polar surface area (TPSA) is 73.5 Å². The number of hydrogen-bond acceptors (Lipinski definition) is 4. The lowest BCUT2D eigenvalue weighted by Gasteiger charge is -2.24. The first-order valence-electron chi connectivity index (χ1n) is 8.60. The molecule has 0 spiro atoms. The van der Waals surface area contributed by atoms with Crippen LogP contribution in [0.4, 0.5) is 11.5 Å². The number of nitrogens with zero attached hydrogens (tertiary/aromatic N) is 5. The van der Waals surface area contributed by atoms with Gasteiger partial charge in [0, 0.05) is 24.5 Å².